The van der Waals surface area contributed by atoms with Crippen molar-refractivity contribution in [3.05, 3.63) is 41.3 Å². The SMILES string of the molecule is Cc1ccc(-n2cnc3c2NC(C)(C)N=C3C(N)=O)c(C)c1. The lowest BCUT2D eigenvalue weighted by molar-refractivity contribution is -0.112. The molecule has 2 aromatic rings. The third kappa shape index (κ3) is 2.26. The molecule has 1 aliphatic heterocycles. The molecule has 0 bridgehead atoms. The zero-order valence-electron chi connectivity index (χ0n) is 13.1. The number of imidazole rings is 1. The highest BCUT2D eigenvalue weighted by molar-refractivity contribution is 6.45. The maximum absolute atomic E-state index is 11.7. The van der Waals surface area contributed by atoms with E-state index in [0.717, 1.165) is 17.1 Å². The fourth-order valence-electron chi connectivity index (χ4n) is 2.72. The molecule has 1 amide bonds. The third-order valence-corrected chi connectivity index (χ3v) is 3.65. The van der Waals surface area contributed by atoms with Gasteiger partial charge in [-0.1, -0.05) is 17.7 Å². The largest absolute Gasteiger partial charge is 0.364 e. The molecule has 0 saturated carbocycles. The molecular weight excluding hydrogens is 278 g/mol. The molecule has 0 fully saturated rings. The van der Waals surface area contributed by atoms with Crippen LogP contribution in [-0.2, 0) is 4.79 Å². The first kappa shape index (κ1) is 14.3. The smallest absolute Gasteiger partial charge is 0.269 e. The Morgan fingerprint density at radius 2 is 2.05 bits per heavy atom. The Hall–Kier alpha value is -2.63. The molecule has 1 aromatic carbocycles. The standard InChI is InChI=1S/C16H19N5O/c1-9-5-6-11(10(2)7-9)21-8-18-13-12(14(17)22)19-16(3,4)20-15(13)21/h5-8,20H,1-4H3,(H2,17,22). The molecule has 0 aliphatic carbocycles. The zero-order chi connectivity index (χ0) is 16.1. The predicted octanol–water partition coefficient (Wildman–Crippen LogP) is 1.93. The van der Waals surface area contributed by atoms with Gasteiger partial charge in [-0.2, -0.15) is 0 Å². The van der Waals surface area contributed by atoms with Crippen LogP contribution in [0.4, 0.5) is 5.82 Å². The van der Waals surface area contributed by atoms with Crippen molar-refractivity contribution < 1.29 is 4.79 Å². The van der Waals surface area contributed by atoms with Crippen LogP contribution in [0.2, 0.25) is 0 Å². The normalized spacial score (nSPS) is 15.7. The molecule has 0 unspecified atom stereocenters. The first-order valence-corrected chi connectivity index (χ1v) is 7.12. The van der Waals surface area contributed by atoms with Crippen molar-refractivity contribution in [1.29, 1.82) is 0 Å². The summed E-state index contributed by atoms with van der Waals surface area (Å²) in [4.78, 5) is 20.4. The predicted molar refractivity (Wildman–Crippen MR) is 86.5 cm³/mol. The number of anilines is 1. The number of rotatable bonds is 2. The van der Waals surface area contributed by atoms with E-state index in [1.54, 1.807) is 6.33 Å². The van der Waals surface area contributed by atoms with E-state index in [-0.39, 0.29) is 5.71 Å². The average Bonchev–Trinajstić information content (AvgIpc) is 2.79. The van der Waals surface area contributed by atoms with Gasteiger partial charge >= 0.3 is 0 Å². The van der Waals surface area contributed by atoms with E-state index >= 15 is 0 Å². The maximum atomic E-state index is 11.7. The summed E-state index contributed by atoms with van der Waals surface area (Å²) in [6.45, 7) is 7.88. The minimum atomic E-state index is -0.617. The van der Waals surface area contributed by atoms with Gasteiger partial charge in [-0.15, -0.1) is 0 Å². The summed E-state index contributed by atoms with van der Waals surface area (Å²) in [6, 6.07) is 6.20. The first-order chi connectivity index (χ1) is 10.3. The number of nitrogens with one attached hydrogen (secondary N) is 1. The van der Waals surface area contributed by atoms with Crippen LogP contribution < -0.4 is 11.1 Å². The molecule has 3 N–H and O–H groups in total. The molecule has 114 valence electrons. The second kappa shape index (κ2) is 4.69. The van der Waals surface area contributed by atoms with E-state index in [4.69, 9.17) is 5.73 Å². The second-order valence-corrected chi connectivity index (χ2v) is 6.11. The Balaban J connectivity index is 2.20. The van der Waals surface area contributed by atoms with E-state index in [0.29, 0.717) is 5.69 Å². The summed E-state index contributed by atoms with van der Waals surface area (Å²) in [5.41, 5.74) is 8.87. The topological polar surface area (TPSA) is 85.3 Å². The van der Waals surface area contributed by atoms with Crippen molar-refractivity contribution in [1.82, 2.24) is 9.55 Å². The van der Waals surface area contributed by atoms with Crippen LogP contribution in [0.15, 0.2) is 29.5 Å². The van der Waals surface area contributed by atoms with Gasteiger partial charge in [0.05, 0.1) is 5.69 Å². The van der Waals surface area contributed by atoms with E-state index in [2.05, 4.69) is 28.3 Å². The van der Waals surface area contributed by atoms with Crippen molar-refractivity contribution >= 4 is 17.4 Å². The maximum Gasteiger partial charge on any atom is 0.269 e. The summed E-state index contributed by atoms with van der Waals surface area (Å²) in [6.07, 6.45) is 1.69. The van der Waals surface area contributed by atoms with Crippen LogP contribution >= 0.6 is 0 Å². The molecule has 1 aliphatic rings. The summed E-state index contributed by atoms with van der Waals surface area (Å²) in [7, 11) is 0. The molecular formula is C16H19N5O. The molecule has 0 radical (unpaired) electrons. The Kier molecular flexibility index (Phi) is 3.05. The van der Waals surface area contributed by atoms with Gasteiger partial charge in [-0.3, -0.25) is 9.36 Å². The fourth-order valence-corrected chi connectivity index (χ4v) is 2.72. The van der Waals surface area contributed by atoms with Crippen LogP contribution in [0.5, 0.6) is 0 Å². The molecule has 0 spiro atoms. The zero-order valence-corrected chi connectivity index (χ0v) is 13.1. The Bertz CT molecular complexity index is 801. The van der Waals surface area contributed by atoms with Gasteiger partial charge in [0.2, 0.25) is 0 Å². The van der Waals surface area contributed by atoms with Gasteiger partial charge in [0.1, 0.15) is 23.5 Å². The molecule has 1 aromatic heterocycles. The summed E-state index contributed by atoms with van der Waals surface area (Å²) in [5.74, 6) is 0.169. The summed E-state index contributed by atoms with van der Waals surface area (Å²) in [5, 5.41) is 3.32. The Morgan fingerprint density at radius 1 is 1.32 bits per heavy atom. The van der Waals surface area contributed by atoms with Gasteiger partial charge in [-0.05, 0) is 39.3 Å². The van der Waals surface area contributed by atoms with Crippen molar-refractivity contribution in [2.75, 3.05) is 5.32 Å². The van der Waals surface area contributed by atoms with Gasteiger partial charge in [0, 0.05) is 0 Å². The fraction of sp³-hybridized carbons (Fsp3) is 0.312. The highest BCUT2D eigenvalue weighted by Gasteiger charge is 2.32. The number of primary amides is 1. The van der Waals surface area contributed by atoms with Crippen LogP contribution in [0, 0.1) is 13.8 Å². The highest BCUT2D eigenvalue weighted by atomic mass is 16.1. The first-order valence-electron chi connectivity index (χ1n) is 7.12. The number of amides is 1. The monoisotopic (exact) mass is 297 g/mol. The van der Waals surface area contributed by atoms with E-state index < -0.39 is 11.6 Å². The molecule has 22 heavy (non-hydrogen) atoms. The van der Waals surface area contributed by atoms with Crippen molar-refractivity contribution in [3.8, 4) is 5.69 Å². The lowest BCUT2D eigenvalue weighted by Crippen LogP contribution is -2.39. The molecule has 2 heterocycles. The molecule has 3 rings (SSSR count). The number of carbonyl (C=O) groups is 1. The van der Waals surface area contributed by atoms with Crippen LogP contribution in [-0.4, -0.2) is 26.8 Å². The number of hydrogen-bond acceptors (Lipinski definition) is 4. The number of aromatic nitrogens is 2. The van der Waals surface area contributed by atoms with Crippen LogP contribution in [0.25, 0.3) is 5.69 Å². The van der Waals surface area contributed by atoms with Crippen LogP contribution in [0.3, 0.4) is 0 Å². The van der Waals surface area contributed by atoms with E-state index in [9.17, 15) is 4.79 Å². The average molecular weight is 297 g/mol. The van der Waals surface area contributed by atoms with Gasteiger partial charge in [0.25, 0.3) is 5.91 Å². The number of nitrogens with zero attached hydrogens (tertiary/aromatic N) is 3. The molecule has 0 atom stereocenters. The summed E-state index contributed by atoms with van der Waals surface area (Å²) >= 11 is 0. The van der Waals surface area contributed by atoms with Gasteiger partial charge in [0.15, 0.2) is 5.71 Å². The number of fused-ring (bicyclic) bond motifs is 1. The van der Waals surface area contributed by atoms with E-state index in [1.165, 1.54) is 5.56 Å². The third-order valence-electron chi connectivity index (χ3n) is 3.65. The highest BCUT2D eigenvalue weighted by Crippen LogP contribution is 2.30. The number of carbonyl (C=O) groups excluding carboxylic acids is 1. The van der Waals surface area contributed by atoms with Crippen LogP contribution in [0.1, 0.15) is 30.7 Å². The molecule has 0 saturated heterocycles. The van der Waals surface area contributed by atoms with Gasteiger partial charge in [-0.25, -0.2) is 9.98 Å². The van der Waals surface area contributed by atoms with Crippen molar-refractivity contribution in [3.63, 3.8) is 0 Å². The number of hydrogen-bond donors (Lipinski definition) is 2. The minimum Gasteiger partial charge on any atom is -0.364 e. The molecule has 6 heteroatoms. The Labute approximate surface area is 129 Å². The van der Waals surface area contributed by atoms with Crippen molar-refractivity contribution in [2.24, 2.45) is 10.7 Å². The number of aliphatic imine (C=N–C) groups is 1. The summed E-state index contributed by atoms with van der Waals surface area (Å²) < 4.78 is 1.93. The second-order valence-electron chi connectivity index (χ2n) is 6.11. The quantitative estimate of drug-likeness (QED) is 0.888. The molecule has 6 nitrogen and oxygen atoms in total. The van der Waals surface area contributed by atoms with Crippen molar-refractivity contribution in [2.45, 2.75) is 33.4 Å². The number of nitrogens with two attached hydrogens (primary N) is 1. The van der Waals surface area contributed by atoms with Gasteiger partial charge < -0.3 is 11.1 Å². The van der Waals surface area contributed by atoms with E-state index in [1.807, 2.05) is 37.5 Å². The lowest BCUT2D eigenvalue weighted by Gasteiger charge is -2.29. The minimum absolute atomic E-state index is 0.210. The number of benzene rings is 1. The number of aryl methyl sites for hydroxylation is 2. The lowest BCUT2D eigenvalue weighted by atomic mass is 10.1. The Morgan fingerprint density at radius 3 is 2.68 bits per heavy atom.